The highest BCUT2D eigenvalue weighted by atomic mass is 16.3. The minimum Gasteiger partial charge on any atom is -0.466 e. The second-order valence-corrected chi connectivity index (χ2v) is 5.91. The zero-order valence-electron chi connectivity index (χ0n) is 14.0. The first kappa shape index (κ1) is 17.6. The van der Waals surface area contributed by atoms with E-state index >= 15 is 0 Å². The monoisotopic (exact) mass is 331 g/mol. The van der Waals surface area contributed by atoms with Crippen molar-refractivity contribution in [3.05, 3.63) is 24.2 Å². The number of hydrogen-bond acceptors (Lipinski definition) is 4. The van der Waals surface area contributed by atoms with E-state index in [0.29, 0.717) is 18.6 Å². The first-order valence-corrected chi connectivity index (χ1v) is 7.78. The summed E-state index contributed by atoms with van der Waals surface area (Å²) in [6.45, 7) is 4.87. The van der Waals surface area contributed by atoms with E-state index in [-0.39, 0.29) is 0 Å². The molecule has 7 nitrogen and oxygen atoms in total. The number of carbonyl (C=O) groups is 3. The van der Waals surface area contributed by atoms with Gasteiger partial charge in [0.05, 0.1) is 6.26 Å². The number of hydrogen-bond donors (Lipinski definition) is 2. The van der Waals surface area contributed by atoms with E-state index in [1.807, 2.05) is 13.8 Å². The van der Waals surface area contributed by atoms with Gasteiger partial charge in [-0.2, -0.15) is 0 Å². The van der Waals surface area contributed by atoms with Crippen molar-refractivity contribution < 1.29 is 18.8 Å². The van der Waals surface area contributed by atoms with Crippen molar-refractivity contribution >= 4 is 17.8 Å². The Bertz CT molecular complexity index is 685. The fourth-order valence-electron chi connectivity index (χ4n) is 2.69. The summed E-state index contributed by atoms with van der Waals surface area (Å²) >= 11 is 0. The minimum absolute atomic E-state index is 0.309. The van der Waals surface area contributed by atoms with E-state index in [1.54, 1.807) is 12.1 Å². The molecule has 1 unspecified atom stereocenters. The molecule has 1 saturated heterocycles. The van der Waals surface area contributed by atoms with Gasteiger partial charge in [-0.1, -0.05) is 19.8 Å². The van der Waals surface area contributed by atoms with Crippen molar-refractivity contribution in [1.29, 1.82) is 0 Å². The smallest absolute Gasteiger partial charge is 0.325 e. The number of imide groups is 1. The van der Waals surface area contributed by atoms with Crippen molar-refractivity contribution in [2.45, 2.75) is 44.7 Å². The van der Waals surface area contributed by atoms with Gasteiger partial charge in [0, 0.05) is 0 Å². The molecule has 2 rings (SSSR count). The van der Waals surface area contributed by atoms with Crippen molar-refractivity contribution in [1.82, 2.24) is 15.5 Å². The Morgan fingerprint density at radius 3 is 2.62 bits per heavy atom. The normalized spacial score (nSPS) is 20.7. The van der Waals surface area contributed by atoms with E-state index in [4.69, 9.17) is 10.8 Å². The third kappa shape index (κ3) is 2.87. The van der Waals surface area contributed by atoms with Crippen LogP contribution in [0.4, 0.5) is 4.79 Å². The fourth-order valence-corrected chi connectivity index (χ4v) is 2.69. The lowest BCUT2D eigenvalue weighted by molar-refractivity contribution is -0.135. The van der Waals surface area contributed by atoms with Crippen molar-refractivity contribution in [2.75, 3.05) is 6.54 Å². The number of nitrogens with zero attached hydrogens (tertiary/aromatic N) is 1. The SMILES string of the molecule is C#CC(CC)(CC)NC(=O)CN1C(=O)NC(C)(c2ccco2)C1=O. The van der Waals surface area contributed by atoms with E-state index in [1.165, 1.54) is 13.2 Å². The predicted molar refractivity (Wildman–Crippen MR) is 86.6 cm³/mol. The lowest BCUT2D eigenvalue weighted by atomic mass is 9.94. The number of nitrogens with one attached hydrogen (secondary N) is 2. The zero-order chi connectivity index (χ0) is 18.0. The van der Waals surface area contributed by atoms with Crippen LogP contribution in [0.5, 0.6) is 0 Å². The van der Waals surface area contributed by atoms with E-state index < -0.39 is 35.5 Å². The van der Waals surface area contributed by atoms with Crippen LogP contribution in [-0.2, 0) is 15.1 Å². The maximum Gasteiger partial charge on any atom is 0.325 e. The Morgan fingerprint density at radius 1 is 1.46 bits per heavy atom. The Hall–Kier alpha value is -2.75. The lowest BCUT2D eigenvalue weighted by Gasteiger charge is -2.28. The van der Waals surface area contributed by atoms with Gasteiger partial charge in [-0.15, -0.1) is 6.42 Å². The van der Waals surface area contributed by atoms with Crippen LogP contribution in [0.3, 0.4) is 0 Å². The second kappa shape index (κ2) is 6.40. The van der Waals surface area contributed by atoms with Gasteiger partial charge in [-0.25, -0.2) is 4.79 Å². The lowest BCUT2D eigenvalue weighted by Crippen LogP contribution is -2.51. The standard InChI is InChI=1S/C17H21N3O4/c1-5-17(6-2,7-3)18-13(21)11-20-14(22)16(4,19-15(20)23)12-9-8-10-24-12/h1,8-10H,6-7,11H2,2-4H3,(H,18,21)(H,19,23). The summed E-state index contributed by atoms with van der Waals surface area (Å²) < 4.78 is 5.24. The van der Waals surface area contributed by atoms with Crippen LogP contribution in [0.2, 0.25) is 0 Å². The van der Waals surface area contributed by atoms with Crippen molar-refractivity contribution in [3.63, 3.8) is 0 Å². The van der Waals surface area contributed by atoms with Crippen LogP contribution >= 0.6 is 0 Å². The van der Waals surface area contributed by atoms with Crippen LogP contribution in [0.15, 0.2) is 22.8 Å². The molecule has 1 atom stereocenters. The molecule has 4 amide bonds. The summed E-state index contributed by atoms with van der Waals surface area (Å²) in [5.41, 5.74) is -2.10. The Kier molecular flexibility index (Phi) is 4.69. The Labute approximate surface area is 140 Å². The van der Waals surface area contributed by atoms with Crippen molar-refractivity contribution in [3.8, 4) is 12.3 Å². The minimum atomic E-state index is -1.32. The molecule has 2 heterocycles. The molecule has 1 aliphatic rings. The number of urea groups is 1. The van der Waals surface area contributed by atoms with Gasteiger partial charge in [0.25, 0.3) is 5.91 Å². The number of amides is 4. The summed E-state index contributed by atoms with van der Waals surface area (Å²) in [6, 6.07) is 2.58. The third-order valence-corrected chi connectivity index (χ3v) is 4.45. The van der Waals surface area contributed by atoms with E-state index in [2.05, 4.69) is 16.6 Å². The number of furan rings is 1. The van der Waals surface area contributed by atoms with Crippen LogP contribution in [-0.4, -0.2) is 34.8 Å². The summed E-state index contributed by atoms with van der Waals surface area (Å²) in [5.74, 6) is 1.86. The molecule has 0 aliphatic carbocycles. The molecule has 128 valence electrons. The van der Waals surface area contributed by atoms with Gasteiger partial charge >= 0.3 is 6.03 Å². The number of carbonyl (C=O) groups excluding carboxylic acids is 3. The molecular formula is C17H21N3O4. The molecule has 0 radical (unpaired) electrons. The maximum atomic E-state index is 12.6. The van der Waals surface area contributed by atoms with Gasteiger partial charge < -0.3 is 15.1 Å². The largest absolute Gasteiger partial charge is 0.466 e. The number of terminal acetylenes is 1. The third-order valence-electron chi connectivity index (χ3n) is 4.45. The Morgan fingerprint density at radius 2 is 2.12 bits per heavy atom. The number of rotatable bonds is 6. The van der Waals surface area contributed by atoms with Gasteiger partial charge in [-0.05, 0) is 31.9 Å². The quantitative estimate of drug-likeness (QED) is 0.608. The average molecular weight is 331 g/mol. The molecule has 0 saturated carbocycles. The highest BCUT2D eigenvalue weighted by Gasteiger charge is 2.51. The molecule has 2 N–H and O–H groups in total. The van der Waals surface area contributed by atoms with Gasteiger partial charge in [-0.3, -0.25) is 14.5 Å². The molecule has 0 aromatic carbocycles. The fraction of sp³-hybridized carbons (Fsp3) is 0.471. The van der Waals surface area contributed by atoms with Gasteiger partial charge in [0.15, 0.2) is 5.54 Å². The highest BCUT2D eigenvalue weighted by Crippen LogP contribution is 2.28. The molecule has 24 heavy (non-hydrogen) atoms. The molecule has 1 aromatic heterocycles. The molecule has 0 bridgehead atoms. The maximum absolute atomic E-state index is 12.6. The zero-order valence-corrected chi connectivity index (χ0v) is 14.0. The van der Waals surface area contributed by atoms with Crippen LogP contribution < -0.4 is 10.6 Å². The first-order valence-electron chi connectivity index (χ1n) is 7.78. The molecule has 1 aromatic rings. The summed E-state index contributed by atoms with van der Waals surface area (Å²) in [5, 5.41) is 5.30. The Balaban J connectivity index is 2.13. The molecule has 0 spiro atoms. The average Bonchev–Trinajstić information content (AvgIpc) is 3.17. The van der Waals surface area contributed by atoms with Gasteiger partial charge in [0.1, 0.15) is 17.8 Å². The van der Waals surface area contributed by atoms with Crippen LogP contribution in [0.25, 0.3) is 0 Å². The van der Waals surface area contributed by atoms with Crippen molar-refractivity contribution in [2.24, 2.45) is 0 Å². The predicted octanol–water partition coefficient (Wildman–Crippen LogP) is 1.35. The van der Waals surface area contributed by atoms with E-state index in [0.717, 1.165) is 4.90 Å². The molecule has 1 aliphatic heterocycles. The summed E-state index contributed by atoms with van der Waals surface area (Å²) in [4.78, 5) is 37.9. The van der Waals surface area contributed by atoms with Crippen LogP contribution in [0.1, 0.15) is 39.4 Å². The molecule has 1 fully saturated rings. The first-order chi connectivity index (χ1) is 11.3. The van der Waals surface area contributed by atoms with Gasteiger partial charge in [0.2, 0.25) is 5.91 Å². The van der Waals surface area contributed by atoms with E-state index in [9.17, 15) is 14.4 Å². The summed E-state index contributed by atoms with van der Waals surface area (Å²) in [6.07, 6.45) is 8.03. The summed E-state index contributed by atoms with van der Waals surface area (Å²) in [7, 11) is 0. The molecular weight excluding hydrogens is 310 g/mol. The highest BCUT2D eigenvalue weighted by molar-refractivity contribution is 6.08. The second-order valence-electron chi connectivity index (χ2n) is 5.91. The molecule has 7 heteroatoms. The van der Waals surface area contributed by atoms with Crippen LogP contribution in [0, 0.1) is 12.3 Å². The topological polar surface area (TPSA) is 91.7 Å².